The monoisotopic (exact) mass is 648 g/mol. The molecule has 51 heavy (non-hydrogen) atoms. The Labute approximate surface area is 300 Å². The summed E-state index contributed by atoms with van der Waals surface area (Å²) in [7, 11) is 0. The summed E-state index contributed by atoms with van der Waals surface area (Å²) < 4.78 is 0. The van der Waals surface area contributed by atoms with Gasteiger partial charge in [0.2, 0.25) is 0 Å². The number of hydrogen-bond donors (Lipinski definition) is 0. The van der Waals surface area contributed by atoms with Crippen LogP contribution in [0.3, 0.4) is 0 Å². The largest absolute Gasteiger partial charge is 0.0622 e. The van der Waals surface area contributed by atoms with Gasteiger partial charge in [0.05, 0.1) is 0 Å². The predicted octanol–water partition coefficient (Wildman–Crippen LogP) is 13.3. The molecular formula is C51H36. The van der Waals surface area contributed by atoms with Crippen LogP contribution < -0.4 is 0 Å². The highest BCUT2D eigenvalue weighted by molar-refractivity contribution is 5.90. The van der Waals surface area contributed by atoms with Gasteiger partial charge in [-0.05, 0) is 120 Å². The van der Waals surface area contributed by atoms with E-state index < -0.39 is 0 Å². The van der Waals surface area contributed by atoms with E-state index in [4.69, 9.17) is 0 Å². The fourth-order valence-corrected chi connectivity index (χ4v) is 8.71. The quantitative estimate of drug-likeness (QED) is 0.174. The van der Waals surface area contributed by atoms with Crippen LogP contribution in [0.15, 0.2) is 188 Å². The van der Waals surface area contributed by atoms with Crippen molar-refractivity contribution in [3.63, 3.8) is 0 Å². The summed E-state index contributed by atoms with van der Waals surface area (Å²) in [6.07, 6.45) is 0. The van der Waals surface area contributed by atoms with Crippen LogP contribution >= 0.6 is 0 Å². The minimum atomic E-state index is 0.145. The number of benzene rings is 8. The Hall–Kier alpha value is -6.24. The second-order valence-corrected chi connectivity index (χ2v) is 14.1. The lowest BCUT2D eigenvalue weighted by molar-refractivity contribution is 0.981. The molecule has 0 heterocycles. The molecule has 0 aliphatic heterocycles. The van der Waals surface area contributed by atoms with Gasteiger partial charge in [-0.25, -0.2) is 0 Å². The van der Waals surface area contributed by atoms with Crippen molar-refractivity contribution in [3.8, 4) is 55.6 Å². The molecule has 2 aliphatic rings. The van der Waals surface area contributed by atoms with Gasteiger partial charge in [0.1, 0.15) is 0 Å². The first kappa shape index (κ1) is 29.7. The van der Waals surface area contributed by atoms with Crippen LogP contribution in [-0.4, -0.2) is 0 Å². The molecule has 0 aromatic heterocycles. The SMILES string of the molecule is Cc1ccc2c(c1)-c1cc3c(cc1C2c1cccc(-c2cc(-c4ccccc4)cc(-c4ccccc4)c2)c1)C(c1ccccc1)c1ccccc1-3. The average Bonchev–Trinajstić information content (AvgIpc) is 3.69. The second kappa shape index (κ2) is 12.0. The first-order valence-electron chi connectivity index (χ1n) is 18.0. The van der Waals surface area contributed by atoms with Gasteiger partial charge in [0.15, 0.2) is 0 Å². The molecule has 0 heteroatoms. The topological polar surface area (TPSA) is 0 Å². The molecular weight excluding hydrogens is 613 g/mol. The number of aryl methyl sites for hydroxylation is 1. The van der Waals surface area contributed by atoms with Gasteiger partial charge < -0.3 is 0 Å². The van der Waals surface area contributed by atoms with E-state index >= 15 is 0 Å². The Morgan fingerprint density at radius 1 is 0.275 bits per heavy atom. The predicted molar refractivity (Wildman–Crippen MR) is 213 cm³/mol. The molecule has 0 saturated heterocycles. The Balaban J connectivity index is 1.15. The molecule has 2 unspecified atom stereocenters. The highest BCUT2D eigenvalue weighted by atomic mass is 14.4. The van der Waals surface area contributed by atoms with Gasteiger partial charge in [-0.3, -0.25) is 0 Å². The molecule has 2 atom stereocenters. The zero-order valence-corrected chi connectivity index (χ0v) is 28.6. The normalized spacial score (nSPS) is 15.2. The molecule has 0 amide bonds. The molecule has 0 radical (unpaired) electrons. The van der Waals surface area contributed by atoms with Crippen LogP contribution in [0.4, 0.5) is 0 Å². The van der Waals surface area contributed by atoms with Crippen molar-refractivity contribution in [3.05, 3.63) is 227 Å². The van der Waals surface area contributed by atoms with Gasteiger partial charge in [-0.1, -0.05) is 169 Å². The molecule has 0 saturated carbocycles. The maximum absolute atomic E-state index is 2.55. The van der Waals surface area contributed by atoms with Crippen LogP contribution in [0, 0.1) is 6.92 Å². The molecule has 8 aromatic carbocycles. The third-order valence-electron chi connectivity index (χ3n) is 11.0. The Morgan fingerprint density at radius 3 is 1.45 bits per heavy atom. The molecule has 10 rings (SSSR count). The van der Waals surface area contributed by atoms with Gasteiger partial charge >= 0.3 is 0 Å². The highest BCUT2D eigenvalue weighted by Gasteiger charge is 2.36. The van der Waals surface area contributed by atoms with E-state index in [0.29, 0.717) is 0 Å². The van der Waals surface area contributed by atoms with E-state index in [-0.39, 0.29) is 11.8 Å². The number of rotatable bonds is 5. The van der Waals surface area contributed by atoms with E-state index in [0.717, 1.165) is 0 Å². The summed E-state index contributed by atoms with van der Waals surface area (Å²) in [6.45, 7) is 2.21. The third kappa shape index (κ3) is 4.98. The van der Waals surface area contributed by atoms with Crippen molar-refractivity contribution in [2.75, 3.05) is 0 Å². The smallest absolute Gasteiger partial charge is 0.0352 e. The van der Waals surface area contributed by atoms with Crippen molar-refractivity contribution in [2.24, 2.45) is 0 Å². The van der Waals surface area contributed by atoms with Gasteiger partial charge in [0.25, 0.3) is 0 Å². The molecule has 0 bridgehead atoms. The number of hydrogen-bond acceptors (Lipinski definition) is 0. The van der Waals surface area contributed by atoms with Gasteiger partial charge in [-0.15, -0.1) is 0 Å². The summed E-state index contributed by atoms with van der Waals surface area (Å²) in [4.78, 5) is 0. The van der Waals surface area contributed by atoms with Crippen LogP contribution in [0.2, 0.25) is 0 Å². The summed E-state index contributed by atoms with van der Waals surface area (Å²) in [6, 6.07) is 70.0. The van der Waals surface area contributed by atoms with E-state index in [9.17, 15) is 0 Å². The van der Waals surface area contributed by atoms with Crippen molar-refractivity contribution < 1.29 is 0 Å². The highest BCUT2D eigenvalue weighted by Crippen LogP contribution is 2.55. The minimum absolute atomic E-state index is 0.145. The average molecular weight is 649 g/mol. The fraction of sp³-hybridized carbons (Fsp3) is 0.0588. The molecule has 2 aliphatic carbocycles. The van der Waals surface area contributed by atoms with Crippen LogP contribution in [0.5, 0.6) is 0 Å². The molecule has 0 N–H and O–H groups in total. The Kier molecular flexibility index (Phi) is 6.96. The molecule has 0 spiro atoms. The first-order valence-corrected chi connectivity index (χ1v) is 18.0. The van der Waals surface area contributed by atoms with Crippen molar-refractivity contribution in [2.45, 2.75) is 18.8 Å². The van der Waals surface area contributed by atoms with Crippen molar-refractivity contribution >= 4 is 0 Å². The number of fused-ring (bicyclic) bond motifs is 6. The minimum Gasteiger partial charge on any atom is -0.0622 e. The summed E-state index contributed by atoms with van der Waals surface area (Å²) in [5.74, 6) is 0.365. The van der Waals surface area contributed by atoms with E-state index in [1.165, 1.54) is 94.6 Å². The van der Waals surface area contributed by atoms with Crippen LogP contribution in [0.1, 0.15) is 50.8 Å². The summed E-state index contributed by atoms with van der Waals surface area (Å²) >= 11 is 0. The van der Waals surface area contributed by atoms with E-state index in [1.807, 2.05) is 0 Å². The third-order valence-corrected chi connectivity index (χ3v) is 11.0. The molecule has 8 aromatic rings. The Bertz CT molecular complexity index is 2520. The van der Waals surface area contributed by atoms with Crippen LogP contribution in [-0.2, 0) is 0 Å². The van der Waals surface area contributed by atoms with Crippen molar-refractivity contribution in [1.82, 2.24) is 0 Å². The fourth-order valence-electron chi connectivity index (χ4n) is 8.71. The lowest BCUT2D eigenvalue weighted by Crippen LogP contribution is -2.03. The zero-order chi connectivity index (χ0) is 33.9. The zero-order valence-electron chi connectivity index (χ0n) is 28.6. The Morgan fingerprint density at radius 2 is 0.765 bits per heavy atom. The molecule has 0 fully saturated rings. The van der Waals surface area contributed by atoms with Crippen LogP contribution in [0.25, 0.3) is 55.6 Å². The maximum Gasteiger partial charge on any atom is 0.0352 e. The first-order chi connectivity index (χ1) is 25.2. The second-order valence-electron chi connectivity index (χ2n) is 14.1. The summed E-state index contributed by atoms with van der Waals surface area (Å²) in [5.41, 5.74) is 22.4. The van der Waals surface area contributed by atoms with Gasteiger partial charge in [-0.2, -0.15) is 0 Å². The van der Waals surface area contributed by atoms with E-state index in [1.54, 1.807) is 0 Å². The molecule has 0 nitrogen and oxygen atoms in total. The van der Waals surface area contributed by atoms with Crippen molar-refractivity contribution in [1.29, 1.82) is 0 Å². The summed E-state index contributed by atoms with van der Waals surface area (Å²) in [5, 5.41) is 0. The maximum atomic E-state index is 2.55. The van der Waals surface area contributed by atoms with E-state index in [2.05, 4.69) is 195 Å². The van der Waals surface area contributed by atoms with Gasteiger partial charge in [0, 0.05) is 11.8 Å². The lowest BCUT2D eigenvalue weighted by atomic mass is 9.84. The lowest BCUT2D eigenvalue weighted by Gasteiger charge is -2.19. The standard InChI is InChI=1S/C51H36/c1-33-24-25-44-45(26-33)47-31-46-42-22-11-12-23-43(42)50(36-18-9-4-10-19-36)48(46)32-49(47)51(44)38-21-13-20-37(27-38)41-29-39(34-14-5-2-6-15-34)28-40(30-41)35-16-7-3-8-17-35/h2-32,50-51H,1H3. The molecule has 240 valence electrons.